The average molecular weight is 304 g/mol. The number of benzene rings is 1. The van der Waals surface area contributed by atoms with Crippen molar-refractivity contribution >= 4 is 21.6 Å². The van der Waals surface area contributed by atoms with E-state index in [4.69, 9.17) is 11.6 Å². The van der Waals surface area contributed by atoms with Gasteiger partial charge in [0, 0.05) is 11.1 Å². The molecule has 0 saturated carbocycles. The van der Waals surface area contributed by atoms with Gasteiger partial charge in [-0.25, -0.2) is 13.1 Å². The smallest absolute Gasteiger partial charge is 0.212 e. The van der Waals surface area contributed by atoms with Gasteiger partial charge in [0.25, 0.3) is 0 Å². The van der Waals surface area contributed by atoms with Crippen molar-refractivity contribution in [2.45, 2.75) is 39.5 Å². The van der Waals surface area contributed by atoms with Gasteiger partial charge in [0.2, 0.25) is 10.0 Å². The van der Waals surface area contributed by atoms with Gasteiger partial charge in [-0.2, -0.15) is 0 Å². The van der Waals surface area contributed by atoms with Gasteiger partial charge in [-0.05, 0) is 29.5 Å². The Kier molecular flexibility index (Phi) is 5.83. The summed E-state index contributed by atoms with van der Waals surface area (Å²) in [5.74, 6) is 0.514. The van der Waals surface area contributed by atoms with Crippen LogP contribution in [0.25, 0.3) is 0 Å². The van der Waals surface area contributed by atoms with Crippen LogP contribution in [-0.4, -0.2) is 14.5 Å². The number of nitrogens with one attached hydrogen (secondary N) is 1. The molecule has 0 bridgehead atoms. The van der Waals surface area contributed by atoms with Crippen LogP contribution in [-0.2, 0) is 15.8 Å². The molecule has 1 rings (SSSR count). The van der Waals surface area contributed by atoms with E-state index in [9.17, 15) is 8.42 Å². The van der Waals surface area contributed by atoms with Crippen LogP contribution in [0.15, 0.2) is 24.3 Å². The number of sulfonamides is 1. The minimum Gasteiger partial charge on any atom is -0.212 e. The molecule has 19 heavy (non-hydrogen) atoms. The lowest BCUT2D eigenvalue weighted by atomic mass is 9.94. The van der Waals surface area contributed by atoms with Crippen molar-refractivity contribution in [3.8, 4) is 0 Å². The van der Waals surface area contributed by atoms with Crippen LogP contribution < -0.4 is 4.72 Å². The molecule has 0 unspecified atom stereocenters. The Balaban J connectivity index is 2.78. The van der Waals surface area contributed by atoms with E-state index in [1.54, 1.807) is 24.3 Å². The minimum absolute atomic E-state index is 0.0138. The fourth-order valence-corrected chi connectivity index (χ4v) is 3.89. The highest BCUT2D eigenvalue weighted by Gasteiger charge is 2.23. The summed E-state index contributed by atoms with van der Waals surface area (Å²) >= 11 is 5.79. The summed E-state index contributed by atoms with van der Waals surface area (Å²) in [7, 11) is -3.33. The van der Waals surface area contributed by atoms with E-state index in [1.807, 2.05) is 27.7 Å². The highest BCUT2D eigenvalue weighted by atomic mass is 35.5. The molecule has 0 aliphatic heterocycles. The minimum atomic E-state index is -3.33. The summed E-state index contributed by atoms with van der Waals surface area (Å²) in [5.41, 5.74) is 0.739. The quantitative estimate of drug-likeness (QED) is 0.875. The van der Waals surface area contributed by atoms with Crippen molar-refractivity contribution < 1.29 is 8.42 Å². The first-order valence-corrected chi connectivity index (χ1v) is 8.49. The van der Waals surface area contributed by atoms with Crippen LogP contribution in [0, 0.1) is 11.8 Å². The highest BCUT2D eigenvalue weighted by Crippen LogP contribution is 2.16. The van der Waals surface area contributed by atoms with Gasteiger partial charge in [-0.1, -0.05) is 51.4 Å². The molecular formula is C14H22ClNO2S. The zero-order valence-corrected chi connectivity index (χ0v) is 13.4. The Labute approximate surface area is 121 Å². The molecule has 108 valence electrons. The van der Waals surface area contributed by atoms with Crippen molar-refractivity contribution in [1.82, 2.24) is 4.72 Å². The standard InChI is InChI=1S/C14H22ClNO2S/c1-10(2)14(11(3)4)16-19(17,18)9-12-5-7-13(15)8-6-12/h5-8,10-11,14,16H,9H2,1-4H3. The van der Waals surface area contributed by atoms with Crippen LogP contribution in [0.3, 0.4) is 0 Å². The Morgan fingerprint density at radius 2 is 1.53 bits per heavy atom. The Morgan fingerprint density at radius 1 is 1.05 bits per heavy atom. The molecule has 1 aromatic rings. The molecule has 5 heteroatoms. The van der Waals surface area contributed by atoms with E-state index in [1.165, 1.54) is 0 Å². The zero-order chi connectivity index (χ0) is 14.6. The molecule has 0 saturated heterocycles. The molecular weight excluding hydrogens is 282 g/mol. The van der Waals surface area contributed by atoms with Gasteiger partial charge in [0.1, 0.15) is 0 Å². The lowest BCUT2D eigenvalue weighted by molar-refractivity contribution is 0.355. The first-order valence-electron chi connectivity index (χ1n) is 6.45. The summed E-state index contributed by atoms with van der Waals surface area (Å²) in [6.45, 7) is 8.09. The number of hydrogen-bond acceptors (Lipinski definition) is 2. The Bertz CT molecular complexity index is 487. The average Bonchev–Trinajstić information content (AvgIpc) is 2.28. The lowest BCUT2D eigenvalue weighted by Gasteiger charge is -2.25. The van der Waals surface area contributed by atoms with Crippen molar-refractivity contribution in [2.24, 2.45) is 11.8 Å². The second-order valence-electron chi connectivity index (χ2n) is 5.52. The molecule has 0 radical (unpaired) electrons. The largest absolute Gasteiger partial charge is 0.216 e. The second-order valence-corrected chi connectivity index (χ2v) is 7.71. The van der Waals surface area contributed by atoms with Crippen molar-refractivity contribution in [3.63, 3.8) is 0 Å². The van der Waals surface area contributed by atoms with E-state index in [-0.39, 0.29) is 23.6 Å². The maximum absolute atomic E-state index is 12.2. The molecule has 0 aromatic heterocycles. The third kappa shape index (κ3) is 5.51. The van der Waals surface area contributed by atoms with Crippen molar-refractivity contribution in [2.75, 3.05) is 0 Å². The number of rotatable bonds is 6. The predicted molar refractivity (Wildman–Crippen MR) is 80.7 cm³/mol. The van der Waals surface area contributed by atoms with Crippen LogP contribution >= 0.6 is 11.6 Å². The maximum Gasteiger partial charge on any atom is 0.216 e. The van der Waals surface area contributed by atoms with Gasteiger partial charge < -0.3 is 0 Å². The fourth-order valence-electron chi connectivity index (χ4n) is 2.09. The summed E-state index contributed by atoms with van der Waals surface area (Å²) < 4.78 is 27.1. The third-order valence-electron chi connectivity index (χ3n) is 3.02. The molecule has 0 atom stereocenters. The number of halogens is 1. The van der Waals surface area contributed by atoms with E-state index in [0.29, 0.717) is 5.02 Å². The monoisotopic (exact) mass is 303 g/mol. The Morgan fingerprint density at radius 3 is 1.95 bits per heavy atom. The highest BCUT2D eigenvalue weighted by molar-refractivity contribution is 7.88. The van der Waals surface area contributed by atoms with Gasteiger partial charge in [-0.3, -0.25) is 0 Å². The summed E-state index contributed by atoms with van der Waals surface area (Å²) in [4.78, 5) is 0. The van der Waals surface area contributed by atoms with Crippen LogP contribution in [0.1, 0.15) is 33.3 Å². The first kappa shape index (κ1) is 16.5. The maximum atomic E-state index is 12.2. The van der Waals surface area contributed by atoms with Gasteiger partial charge in [0.15, 0.2) is 0 Å². The summed E-state index contributed by atoms with van der Waals surface area (Å²) in [6, 6.07) is 6.84. The van der Waals surface area contributed by atoms with E-state index in [2.05, 4.69) is 4.72 Å². The lowest BCUT2D eigenvalue weighted by Crippen LogP contribution is -2.42. The van der Waals surface area contributed by atoms with Gasteiger partial charge in [-0.15, -0.1) is 0 Å². The van der Waals surface area contributed by atoms with E-state index in [0.717, 1.165) is 5.56 Å². The van der Waals surface area contributed by atoms with Crippen LogP contribution in [0.2, 0.25) is 5.02 Å². The SMILES string of the molecule is CC(C)C(NS(=O)(=O)Cc1ccc(Cl)cc1)C(C)C. The van der Waals surface area contributed by atoms with E-state index >= 15 is 0 Å². The molecule has 0 spiro atoms. The van der Waals surface area contributed by atoms with Gasteiger partial charge in [0.05, 0.1) is 5.75 Å². The van der Waals surface area contributed by atoms with E-state index < -0.39 is 10.0 Å². The van der Waals surface area contributed by atoms with Crippen LogP contribution in [0.5, 0.6) is 0 Å². The third-order valence-corrected chi connectivity index (χ3v) is 4.62. The van der Waals surface area contributed by atoms with Crippen LogP contribution in [0.4, 0.5) is 0 Å². The zero-order valence-electron chi connectivity index (χ0n) is 11.9. The van der Waals surface area contributed by atoms with Gasteiger partial charge >= 0.3 is 0 Å². The molecule has 1 aromatic carbocycles. The molecule has 1 N–H and O–H groups in total. The first-order chi connectivity index (χ1) is 8.71. The predicted octanol–water partition coefficient (Wildman–Crippen LogP) is 3.44. The normalized spacial score (nSPS) is 12.6. The van der Waals surface area contributed by atoms with Crippen molar-refractivity contribution in [1.29, 1.82) is 0 Å². The topological polar surface area (TPSA) is 46.2 Å². The molecule has 3 nitrogen and oxygen atoms in total. The molecule has 0 amide bonds. The fraction of sp³-hybridized carbons (Fsp3) is 0.571. The van der Waals surface area contributed by atoms with Crippen molar-refractivity contribution in [3.05, 3.63) is 34.9 Å². The molecule has 0 heterocycles. The summed E-state index contributed by atoms with van der Waals surface area (Å²) in [5, 5.41) is 0.608. The summed E-state index contributed by atoms with van der Waals surface area (Å²) in [6.07, 6.45) is 0. The number of hydrogen-bond donors (Lipinski definition) is 1. The Hall–Kier alpha value is -0.580. The molecule has 0 aliphatic rings. The molecule has 0 aliphatic carbocycles. The second kappa shape index (κ2) is 6.73. The molecule has 0 fully saturated rings.